The first-order valence-electron chi connectivity index (χ1n) is 5.55. The van der Waals surface area contributed by atoms with Crippen LogP contribution in [0.2, 0.25) is 0 Å². The number of aliphatic hydroxyl groups is 1. The van der Waals surface area contributed by atoms with Gasteiger partial charge in [-0.1, -0.05) is 37.6 Å². The van der Waals surface area contributed by atoms with E-state index in [0.29, 0.717) is 0 Å². The summed E-state index contributed by atoms with van der Waals surface area (Å²) in [5, 5.41) is 9.28. The van der Waals surface area contributed by atoms with Crippen LogP contribution < -0.4 is 0 Å². The molecule has 5 nitrogen and oxygen atoms in total. The van der Waals surface area contributed by atoms with Gasteiger partial charge < -0.3 is 5.11 Å². The Morgan fingerprint density at radius 2 is 1.88 bits per heavy atom. The molecule has 0 aliphatic rings. The minimum atomic E-state index is -4.46. The summed E-state index contributed by atoms with van der Waals surface area (Å²) in [6.45, 7) is 1.67. The molecule has 0 heterocycles. The van der Waals surface area contributed by atoms with Gasteiger partial charge in [0, 0.05) is 0 Å². The number of unbranched alkanes of at least 4 members (excludes halogenated alkanes) is 1. The lowest BCUT2D eigenvalue weighted by Crippen LogP contribution is -2.17. The summed E-state index contributed by atoms with van der Waals surface area (Å²) < 4.78 is 32.7. The first-order valence-corrected chi connectivity index (χ1v) is 6.92. The number of rotatable bonds is 9. The fraction of sp³-hybridized carbons (Fsp3) is 0.636. The van der Waals surface area contributed by atoms with Crippen LogP contribution >= 0.6 is 0 Å². The molecule has 2 N–H and O–H groups in total. The zero-order valence-corrected chi connectivity index (χ0v) is 10.8. The van der Waals surface area contributed by atoms with Gasteiger partial charge in [-0.2, -0.15) is 8.42 Å². The highest BCUT2D eigenvalue weighted by molar-refractivity contribution is 7.80. The number of hydrogen-bond acceptors (Lipinski definition) is 4. The first-order chi connectivity index (χ1) is 7.95. The molecule has 17 heavy (non-hydrogen) atoms. The average Bonchev–Trinajstić information content (AvgIpc) is 2.24. The van der Waals surface area contributed by atoms with E-state index in [-0.39, 0.29) is 6.42 Å². The fourth-order valence-corrected chi connectivity index (χ4v) is 1.37. The lowest BCUT2D eigenvalue weighted by molar-refractivity contribution is 0.105. The van der Waals surface area contributed by atoms with E-state index in [1.54, 1.807) is 6.08 Å². The van der Waals surface area contributed by atoms with Gasteiger partial charge >= 0.3 is 10.4 Å². The van der Waals surface area contributed by atoms with E-state index in [4.69, 9.17) is 4.55 Å². The molecule has 1 atom stereocenters. The van der Waals surface area contributed by atoms with E-state index < -0.39 is 23.1 Å². The van der Waals surface area contributed by atoms with Crippen molar-refractivity contribution < 1.29 is 22.3 Å². The van der Waals surface area contributed by atoms with Crippen LogP contribution in [0.3, 0.4) is 0 Å². The lowest BCUT2D eigenvalue weighted by atomic mass is 10.2. The predicted molar refractivity (Wildman–Crippen MR) is 65.9 cm³/mol. The number of aliphatic hydroxyl groups excluding tert-OH is 1. The fourth-order valence-electron chi connectivity index (χ4n) is 1.04. The second-order valence-electron chi connectivity index (χ2n) is 3.57. The Labute approximate surface area is 103 Å². The van der Waals surface area contributed by atoms with Crippen LogP contribution in [-0.2, 0) is 14.6 Å². The molecule has 0 amide bonds. The molecule has 0 rings (SSSR count). The highest BCUT2D eigenvalue weighted by Crippen LogP contribution is 1.99. The Morgan fingerprint density at radius 1 is 1.24 bits per heavy atom. The third-order valence-electron chi connectivity index (χ3n) is 1.88. The van der Waals surface area contributed by atoms with Gasteiger partial charge in [0.15, 0.2) is 0 Å². The molecule has 1 unspecified atom stereocenters. The highest BCUT2D eigenvalue weighted by atomic mass is 32.3. The van der Waals surface area contributed by atoms with Crippen molar-refractivity contribution in [3.8, 4) is 0 Å². The lowest BCUT2D eigenvalue weighted by Gasteiger charge is -2.05. The van der Waals surface area contributed by atoms with Crippen molar-refractivity contribution in [3.05, 3.63) is 24.3 Å². The third-order valence-corrected chi connectivity index (χ3v) is 2.31. The van der Waals surface area contributed by atoms with Crippen molar-refractivity contribution in [2.45, 2.75) is 38.7 Å². The smallest absolute Gasteiger partial charge is 0.390 e. The Bertz CT molecular complexity index is 332. The summed E-state index contributed by atoms with van der Waals surface area (Å²) in [5.74, 6) is 0. The van der Waals surface area contributed by atoms with Crippen molar-refractivity contribution in [2.24, 2.45) is 0 Å². The SMILES string of the molecule is CCC/C=C\C/C=C\CC(O)COS(=O)(=O)O. The summed E-state index contributed by atoms with van der Waals surface area (Å²) in [5.41, 5.74) is 0. The second kappa shape index (κ2) is 9.35. The molecule has 100 valence electrons. The first kappa shape index (κ1) is 16.3. The van der Waals surface area contributed by atoms with Crippen LogP contribution in [0.25, 0.3) is 0 Å². The summed E-state index contributed by atoms with van der Waals surface area (Å²) in [4.78, 5) is 0. The minimum Gasteiger partial charge on any atom is -0.390 e. The molecule has 0 fully saturated rings. The predicted octanol–water partition coefficient (Wildman–Crippen LogP) is 1.86. The number of allylic oxidation sites excluding steroid dienone is 3. The minimum absolute atomic E-state index is 0.289. The number of hydrogen-bond donors (Lipinski definition) is 2. The third kappa shape index (κ3) is 13.2. The molecule has 0 saturated carbocycles. The molecular formula is C11H20O5S. The maximum Gasteiger partial charge on any atom is 0.397 e. The Balaban J connectivity index is 3.62. The standard InChI is InChI=1S/C11H20O5S/c1-2-3-4-5-6-7-8-9-11(12)10-16-17(13,14)15/h4-5,7-8,11-12H,2-3,6,9-10H2,1H3,(H,13,14,15)/b5-4-,8-7-. The maximum atomic E-state index is 10.2. The quantitative estimate of drug-likeness (QED) is 0.490. The van der Waals surface area contributed by atoms with Crippen LogP contribution in [0.4, 0.5) is 0 Å². The Hall–Kier alpha value is -0.690. The maximum absolute atomic E-state index is 10.2. The van der Waals surface area contributed by atoms with Crippen molar-refractivity contribution in [2.75, 3.05) is 6.61 Å². The van der Waals surface area contributed by atoms with Crippen molar-refractivity contribution >= 4 is 10.4 Å². The van der Waals surface area contributed by atoms with Gasteiger partial charge in [-0.15, -0.1) is 0 Å². The van der Waals surface area contributed by atoms with Crippen molar-refractivity contribution in [1.82, 2.24) is 0 Å². The normalized spacial score (nSPS) is 14.8. The monoisotopic (exact) mass is 264 g/mol. The molecule has 0 aliphatic heterocycles. The van der Waals surface area contributed by atoms with Crippen LogP contribution in [0, 0.1) is 0 Å². The average molecular weight is 264 g/mol. The van der Waals surface area contributed by atoms with Gasteiger partial charge in [-0.25, -0.2) is 4.18 Å². The molecule has 0 aromatic carbocycles. The topological polar surface area (TPSA) is 83.8 Å². The molecule has 0 bridgehead atoms. The van der Waals surface area contributed by atoms with Gasteiger partial charge in [-0.3, -0.25) is 4.55 Å². The van der Waals surface area contributed by atoms with Gasteiger partial charge in [0.2, 0.25) is 0 Å². The Morgan fingerprint density at radius 3 is 2.47 bits per heavy atom. The zero-order chi connectivity index (χ0) is 13.1. The van der Waals surface area contributed by atoms with Crippen molar-refractivity contribution in [3.63, 3.8) is 0 Å². The van der Waals surface area contributed by atoms with E-state index in [1.807, 2.05) is 12.2 Å². The van der Waals surface area contributed by atoms with E-state index >= 15 is 0 Å². The summed E-state index contributed by atoms with van der Waals surface area (Å²) >= 11 is 0. The molecule has 0 aromatic rings. The van der Waals surface area contributed by atoms with E-state index in [9.17, 15) is 13.5 Å². The van der Waals surface area contributed by atoms with Crippen LogP contribution in [0.1, 0.15) is 32.6 Å². The van der Waals surface area contributed by atoms with Crippen molar-refractivity contribution in [1.29, 1.82) is 0 Å². The Kier molecular flexibility index (Phi) is 8.97. The zero-order valence-electron chi connectivity index (χ0n) is 9.95. The second-order valence-corrected chi connectivity index (χ2v) is 4.66. The molecule has 0 saturated heterocycles. The summed E-state index contributed by atoms with van der Waals surface area (Å²) in [6, 6.07) is 0. The summed E-state index contributed by atoms with van der Waals surface area (Å²) in [7, 11) is -4.46. The van der Waals surface area contributed by atoms with E-state index in [2.05, 4.69) is 17.2 Å². The molecule has 6 heteroatoms. The molecule has 0 radical (unpaired) electrons. The van der Waals surface area contributed by atoms with Gasteiger partial charge in [0.05, 0.1) is 12.7 Å². The van der Waals surface area contributed by atoms with E-state index in [0.717, 1.165) is 19.3 Å². The molecular weight excluding hydrogens is 244 g/mol. The largest absolute Gasteiger partial charge is 0.397 e. The molecule has 0 aliphatic carbocycles. The van der Waals surface area contributed by atoms with E-state index in [1.165, 1.54) is 0 Å². The van der Waals surface area contributed by atoms with Gasteiger partial charge in [0.1, 0.15) is 0 Å². The highest BCUT2D eigenvalue weighted by Gasteiger charge is 2.08. The molecule has 0 spiro atoms. The van der Waals surface area contributed by atoms with Crippen LogP contribution in [-0.4, -0.2) is 30.8 Å². The van der Waals surface area contributed by atoms with Gasteiger partial charge in [0.25, 0.3) is 0 Å². The van der Waals surface area contributed by atoms with Crippen LogP contribution in [0.5, 0.6) is 0 Å². The van der Waals surface area contributed by atoms with Crippen LogP contribution in [0.15, 0.2) is 24.3 Å². The summed E-state index contributed by atoms with van der Waals surface area (Å²) in [6.07, 6.45) is 10.0. The molecule has 0 aromatic heterocycles. The van der Waals surface area contributed by atoms with Gasteiger partial charge in [-0.05, 0) is 19.3 Å².